The van der Waals surface area contributed by atoms with Gasteiger partial charge in [0.05, 0.1) is 23.6 Å². The first-order chi connectivity index (χ1) is 12.4. The highest BCUT2D eigenvalue weighted by molar-refractivity contribution is 6.35. The van der Waals surface area contributed by atoms with Crippen molar-refractivity contribution < 1.29 is 19.1 Å². The van der Waals surface area contributed by atoms with Crippen LogP contribution in [0.1, 0.15) is 34.1 Å². The van der Waals surface area contributed by atoms with Crippen LogP contribution in [0.4, 0.5) is 0 Å². The topological polar surface area (TPSA) is 84.5 Å². The van der Waals surface area contributed by atoms with Crippen molar-refractivity contribution >= 4 is 40.8 Å². The van der Waals surface area contributed by atoms with E-state index in [4.69, 9.17) is 27.9 Å². The molecule has 0 unspecified atom stereocenters. The Labute approximate surface area is 160 Å². The first-order valence-electron chi connectivity index (χ1n) is 7.65. The molecule has 0 saturated heterocycles. The Hall–Kier alpha value is -2.57. The Morgan fingerprint density at radius 3 is 2.35 bits per heavy atom. The third-order valence-corrected chi connectivity index (χ3v) is 3.91. The molecule has 2 rings (SSSR count). The average Bonchev–Trinajstić information content (AvgIpc) is 2.62. The van der Waals surface area contributed by atoms with E-state index in [2.05, 4.69) is 10.9 Å². The molecule has 0 atom stereocenters. The molecule has 2 N–H and O–H groups in total. The Kier molecular flexibility index (Phi) is 7.00. The first-order valence-corrected chi connectivity index (χ1v) is 8.40. The second-order valence-electron chi connectivity index (χ2n) is 5.31. The van der Waals surface area contributed by atoms with E-state index in [0.717, 1.165) is 0 Å². The zero-order valence-electron chi connectivity index (χ0n) is 13.8. The number of rotatable bonds is 6. The number of halogens is 2. The van der Waals surface area contributed by atoms with Gasteiger partial charge in [0, 0.05) is 10.6 Å². The average molecular weight is 395 g/mol. The summed E-state index contributed by atoms with van der Waals surface area (Å²) in [5.74, 6) is -0.507. The van der Waals surface area contributed by atoms with Crippen LogP contribution in [0.15, 0.2) is 42.5 Å². The number of ether oxygens (including phenoxy) is 1. The maximum absolute atomic E-state index is 12.0. The van der Waals surface area contributed by atoms with E-state index in [1.807, 2.05) is 0 Å². The second-order valence-corrected chi connectivity index (χ2v) is 6.15. The number of nitrogens with one attached hydrogen (secondary N) is 2. The molecule has 8 heteroatoms. The van der Waals surface area contributed by atoms with Crippen LogP contribution in [0.25, 0.3) is 0 Å². The molecule has 2 aromatic rings. The van der Waals surface area contributed by atoms with Gasteiger partial charge in [-0.2, -0.15) is 0 Å². The smallest absolute Gasteiger partial charge is 0.271 e. The normalized spacial score (nSPS) is 10.1. The number of Topliss-reactive ketones (excluding diaryl/α,β-unsaturated/α-hetero) is 1. The van der Waals surface area contributed by atoms with Crippen LogP contribution >= 0.6 is 23.2 Å². The zero-order valence-corrected chi connectivity index (χ0v) is 15.4. The molecule has 0 heterocycles. The van der Waals surface area contributed by atoms with Gasteiger partial charge >= 0.3 is 0 Å². The van der Waals surface area contributed by atoms with E-state index in [-0.39, 0.29) is 29.4 Å². The van der Waals surface area contributed by atoms with Crippen molar-refractivity contribution in [2.75, 3.05) is 6.61 Å². The zero-order chi connectivity index (χ0) is 19.1. The lowest BCUT2D eigenvalue weighted by Gasteiger charge is -2.10. The molecule has 0 fully saturated rings. The third kappa shape index (κ3) is 5.75. The number of amides is 2. The molecule has 0 spiro atoms. The SMILES string of the molecule is CC(=O)c1ccc(OCCC(=O)NNC(=O)c2cc(Cl)ccc2Cl)cc1. The summed E-state index contributed by atoms with van der Waals surface area (Å²) in [6.45, 7) is 1.59. The van der Waals surface area contributed by atoms with Crippen molar-refractivity contribution in [1.82, 2.24) is 10.9 Å². The van der Waals surface area contributed by atoms with Gasteiger partial charge in [-0.1, -0.05) is 23.2 Å². The molecule has 0 saturated carbocycles. The molecule has 0 aliphatic carbocycles. The Morgan fingerprint density at radius 2 is 1.69 bits per heavy atom. The molecule has 0 aliphatic heterocycles. The van der Waals surface area contributed by atoms with E-state index >= 15 is 0 Å². The second kappa shape index (κ2) is 9.22. The monoisotopic (exact) mass is 394 g/mol. The van der Waals surface area contributed by atoms with Gasteiger partial charge in [0.15, 0.2) is 5.78 Å². The number of hydrogen-bond donors (Lipinski definition) is 2. The predicted molar refractivity (Wildman–Crippen MR) is 98.6 cm³/mol. The van der Waals surface area contributed by atoms with E-state index in [0.29, 0.717) is 16.3 Å². The van der Waals surface area contributed by atoms with Gasteiger partial charge in [-0.15, -0.1) is 0 Å². The van der Waals surface area contributed by atoms with Gasteiger partial charge in [-0.3, -0.25) is 25.2 Å². The summed E-state index contributed by atoms with van der Waals surface area (Å²) in [6.07, 6.45) is 0.0258. The fourth-order valence-electron chi connectivity index (χ4n) is 1.98. The molecule has 6 nitrogen and oxygen atoms in total. The largest absolute Gasteiger partial charge is 0.493 e. The molecule has 2 amide bonds. The maximum Gasteiger partial charge on any atom is 0.271 e. The molecular weight excluding hydrogens is 379 g/mol. The number of benzene rings is 2. The van der Waals surface area contributed by atoms with Gasteiger partial charge < -0.3 is 4.74 Å². The van der Waals surface area contributed by atoms with Gasteiger partial charge in [-0.25, -0.2) is 0 Å². The van der Waals surface area contributed by atoms with Gasteiger partial charge in [0.2, 0.25) is 5.91 Å². The Balaban J connectivity index is 1.76. The highest BCUT2D eigenvalue weighted by Crippen LogP contribution is 2.20. The lowest BCUT2D eigenvalue weighted by molar-refractivity contribution is -0.122. The minimum atomic E-state index is -0.577. The summed E-state index contributed by atoms with van der Waals surface area (Å²) in [5.41, 5.74) is 5.27. The summed E-state index contributed by atoms with van der Waals surface area (Å²) in [6, 6.07) is 11.0. The summed E-state index contributed by atoms with van der Waals surface area (Å²) in [7, 11) is 0. The highest BCUT2D eigenvalue weighted by Gasteiger charge is 2.12. The first kappa shape index (κ1) is 19.8. The van der Waals surface area contributed by atoms with Crippen molar-refractivity contribution in [1.29, 1.82) is 0 Å². The van der Waals surface area contributed by atoms with Crippen molar-refractivity contribution in [2.24, 2.45) is 0 Å². The molecule has 26 heavy (non-hydrogen) atoms. The van der Waals surface area contributed by atoms with Gasteiger partial charge in [-0.05, 0) is 49.4 Å². The molecule has 0 aliphatic rings. The van der Waals surface area contributed by atoms with Crippen molar-refractivity contribution in [3.63, 3.8) is 0 Å². The lowest BCUT2D eigenvalue weighted by Crippen LogP contribution is -2.42. The Bertz CT molecular complexity index is 822. The molecule has 136 valence electrons. The number of ketones is 1. The number of carbonyl (C=O) groups is 3. The minimum absolute atomic E-state index is 0.0258. The molecule has 2 aromatic carbocycles. The molecule has 0 aromatic heterocycles. The number of carbonyl (C=O) groups excluding carboxylic acids is 3. The van der Waals surface area contributed by atoms with E-state index in [1.165, 1.54) is 19.1 Å². The fraction of sp³-hybridized carbons (Fsp3) is 0.167. The van der Waals surface area contributed by atoms with E-state index in [9.17, 15) is 14.4 Å². The van der Waals surface area contributed by atoms with Crippen molar-refractivity contribution in [3.05, 3.63) is 63.6 Å². The van der Waals surface area contributed by atoms with Crippen LogP contribution in [0.5, 0.6) is 5.75 Å². The van der Waals surface area contributed by atoms with Crippen molar-refractivity contribution in [3.8, 4) is 5.75 Å². The maximum atomic E-state index is 12.0. The fourth-order valence-corrected chi connectivity index (χ4v) is 2.35. The Morgan fingerprint density at radius 1 is 1.00 bits per heavy atom. The quantitative estimate of drug-likeness (QED) is 0.580. The van der Waals surface area contributed by atoms with E-state index in [1.54, 1.807) is 30.3 Å². The number of hydrogen-bond acceptors (Lipinski definition) is 4. The van der Waals surface area contributed by atoms with Crippen LogP contribution in [0.3, 0.4) is 0 Å². The van der Waals surface area contributed by atoms with Gasteiger partial charge in [0.25, 0.3) is 5.91 Å². The van der Waals surface area contributed by atoms with Crippen LogP contribution in [0, 0.1) is 0 Å². The molecule has 0 radical (unpaired) electrons. The van der Waals surface area contributed by atoms with Crippen LogP contribution in [0.2, 0.25) is 10.0 Å². The van der Waals surface area contributed by atoms with Crippen molar-refractivity contribution in [2.45, 2.75) is 13.3 Å². The lowest BCUT2D eigenvalue weighted by atomic mass is 10.1. The molecular formula is C18H16Cl2N2O4. The molecule has 0 bridgehead atoms. The summed E-state index contributed by atoms with van der Waals surface area (Å²) >= 11 is 11.7. The highest BCUT2D eigenvalue weighted by atomic mass is 35.5. The summed E-state index contributed by atoms with van der Waals surface area (Å²) < 4.78 is 5.41. The summed E-state index contributed by atoms with van der Waals surface area (Å²) in [5, 5.41) is 0.577. The minimum Gasteiger partial charge on any atom is -0.493 e. The predicted octanol–water partition coefficient (Wildman–Crippen LogP) is 3.43. The standard InChI is InChI=1S/C18H16Cl2N2O4/c1-11(23)12-2-5-14(6-3-12)26-9-8-17(24)21-22-18(25)15-10-13(19)4-7-16(15)20/h2-7,10H,8-9H2,1H3,(H,21,24)(H,22,25). The summed E-state index contributed by atoms with van der Waals surface area (Å²) in [4.78, 5) is 34.9. The third-order valence-electron chi connectivity index (χ3n) is 3.35. The van der Waals surface area contributed by atoms with Crippen LogP contribution in [-0.2, 0) is 4.79 Å². The van der Waals surface area contributed by atoms with Gasteiger partial charge in [0.1, 0.15) is 5.75 Å². The van der Waals surface area contributed by atoms with E-state index < -0.39 is 11.8 Å². The van der Waals surface area contributed by atoms with Crippen LogP contribution in [-0.4, -0.2) is 24.2 Å². The van der Waals surface area contributed by atoms with Crippen LogP contribution < -0.4 is 15.6 Å². The number of hydrazine groups is 1.